The van der Waals surface area contributed by atoms with Crippen molar-refractivity contribution in [3.8, 4) is 11.5 Å². The topological polar surface area (TPSA) is 29.5 Å². The molecule has 1 atom stereocenters. The molecule has 2 nitrogen and oxygen atoms in total. The Morgan fingerprint density at radius 1 is 1.11 bits per heavy atom. The minimum Gasteiger partial charge on any atom is -0.457 e. The molecule has 94 valence electrons. The van der Waals surface area contributed by atoms with Gasteiger partial charge in [-0.3, -0.25) is 0 Å². The van der Waals surface area contributed by atoms with Crippen LogP contribution in [0.1, 0.15) is 25.0 Å². The van der Waals surface area contributed by atoms with E-state index in [0.717, 1.165) is 5.56 Å². The summed E-state index contributed by atoms with van der Waals surface area (Å²) in [6.07, 6.45) is 0.148. The molecule has 0 radical (unpaired) electrons. The molecule has 0 saturated carbocycles. The van der Waals surface area contributed by atoms with E-state index in [1.165, 1.54) is 0 Å². The van der Waals surface area contributed by atoms with Gasteiger partial charge in [0, 0.05) is 10.6 Å². The predicted molar refractivity (Wildman–Crippen MR) is 73.2 cm³/mol. The molecule has 0 unspecified atom stereocenters. The van der Waals surface area contributed by atoms with Crippen LogP contribution in [0.5, 0.6) is 11.5 Å². The van der Waals surface area contributed by atoms with Gasteiger partial charge >= 0.3 is 0 Å². The Morgan fingerprint density at radius 3 is 2.44 bits per heavy atom. The fraction of sp³-hybridized carbons (Fsp3) is 0.200. The van der Waals surface area contributed by atoms with E-state index in [-0.39, 0.29) is 0 Å². The molecule has 2 aromatic rings. The summed E-state index contributed by atoms with van der Waals surface area (Å²) < 4.78 is 5.77. The molecule has 0 heterocycles. The van der Waals surface area contributed by atoms with Crippen molar-refractivity contribution in [2.75, 3.05) is 0 Å². The molecule has 0 amide bonds. The van der Waals surface area contributed by atoms with Crippen molar-refractivity contribution in [1.29, 1.82) is 0 Å². The molecule has 1 N–H and O–H groups in total. The van der Waals surface area contributed by atoms with E-state index < -0.39 is 6.10 Å². The third-order valence-electron chi connectivity index (χ3n) is 2.71. The van der Waals surface area contributed by atoms with Crippen molar-refractivity contribution in [1.82, 2.24) is 0 Å². The van der Waals surface area contributed by atoms with Gasteiger partial charge in [-0.2, -0.15) is 0 Å². The molecular formula is C15H15ClO2. The molecule has 0 spiro atoms. The van der Waals surface area contributed by atoms with Gasteiger partial charge in [0.1, 0.15) is 11.5 Å². The smallest absolute Gasteiger partial charge is 0.133 e. The fourth-order valence-electron chi connectivity index (χ4n) is 1.70. The molecule has 3 heteroatoms. The maximum atomic E-state index is 9.93. The predicted octanol–water partition coefficient (Wildman–Crippen LogP) is 4.58. The highest BCUT2D eigenvalue weighted by atomic mass is 35.5. The number of para-hydroxylation sites is 1. The number of aliphatic hydroxyl groups excluding tert-OH is 1. The zero-order valence-electron chi connectivity index (χ0n) is 10.1. The first-order valence-electron chi connectivity index (χ1n) is 5.91. The van der Waals surface area contributed by atoms with Gasteiger partial charge in [0.05, 0.1) is 6.10 Å². The van der Waals surface area contributed by atoms with Crippen molar-refractivity contribution in [3.63, 3.8) is 0 Å². The first-order valence-corrected chi connectivity index (χ1v) is 6.29. The van der Waals surface area contributed by atoms with Crippen LogP contribution in [-0.2, 0) is 0 Å². The summed E-state index contributed by atoms with van der Waals surface area (Å²) in [4.78, 5) is 0. The zero-order valence-corrected chi connectivity index (χ0v) is 10.9. The Bertz CT molecular complexity index is 508. The van der Waals surface area contributed by atoms with Crippen molar-refractivity contribution in [3.05, 3.63) is 59.1 Å². The summed E-state index contributed by atoms with van der Waals surface area (Å²) in [5.74, 6) is 1.38. The van der Waals surface area contributed by atoms with Crippen LogP contribution in [0, 0.1) is 0 Å². The number of hydrogen-bond acceptors (Lipinski definition) is 2. The molecule has 0 saturated heterocycles. The highest BCUT2D eigenvalue weighted by molar-refractivity contribution is 6.30. The average Bonchev–Trinajstić information content (AvgIpc) is 2.41. The maximum Gasteiger partial charge on any atom is 0.133 e. The number of benzene rings is 2. The average molecular weight is 263 g/mol. The van der Waals surface area contributed by atoms with Crippen LogP contribution < -0.4 is 4.74 Å². The van der Waals surface area contributed by atoms with E-state index in [2.05, 4.69) is 0 Å². The van der Waals surface area contributed by atoms with Crippen LogP contribution in [0.2, 0.25) is 5.02 Å². The van der Waals surface area contributed by atoms with Crippen molar-refractivity contribution < 1.29 is 9.84 Å². The van der Waals surface area contributed by atoms with Crippen LogP contribution >= 0.6 is 11.6 Å². The number of halogens is 1. The van der Waals surface area contributed by atoms with Crippen LogP contribution in [-0.4, -0.2) is 5.11 Å². The fourth-order valence-corrected chi connectivity index (χ4v) is 1.82. The highest BCUT2D eigenvalue weighted by Crippen LogP contribution is 2.31. The lowest BCUT2D eigenvalue weighted by molar-refractivity contribution is 0.170. The molecule has 0 aliphatic carbocycles. The molecule has 0 aliphatic heterocycles. The van der Waals surface area contributed by atoms with Crippen molar-refractivity contribution in [2.24, 2.45) is 0 Å². The monoisotopic (exact) mass is 262 g/mol. The van der Waals surface area contributed by atoms with Gasteiger partial charge in [-0.25, -0.2) is 0 Å². The number of rotatable bonds is 4. The number of aliphatic hydroxyl groups is 1. The first-order chi connectivity index (χ1) is 8.70. The highest BCUT2D eigenvalue weighted by Gasteiger charge is 2.11. The summed E-state index contributed by atoms with van der Waals surface area (Å²) in [5.41, 5.74) is 0.801. The third-order valence-corrected chi connectivity index (χ3v) is 2.96. The van der Waals surface area contributed by atoms with Gasteiger partial charge in [-0.1, -0.05) is 36.7 Å². The van der Waals surface area contributed by atoms with Crippen LogP contribution in [0.3, 0.4) is 0 Å². The molecule has 0 aromatic heterocycles. The molecule has 0 fully saturated rings. The Kier molecular flexibility index (Phi) is 4.24. The minimum absolute atomic E-state index is 0.506. The molecule has 18 heavy (non-hydrogen) atoms. The lowest BCUT2D eigenvalue weighted by Gasteiger charge is -2.14. The summed E-state index contributed by atoms with van der Waals surface area (Å²) in [7, 11) is 0. The molecule has 2 rings (SSSR count). The Morgan fingerprint density at radius 2 is 1.78 bits per heavy atom. The van der Waals surface area contributed by atoms with Crippen LogP contribution in [0.15, 0.2) is 48.5 Å². The second-order valence-electron chi connectivity index (χ2n) is 4.02. The lowest BCUT2D eigenvalue weighted by atomic mass is 10.1. The van der Waals surface area contributed by atoms with Gasteiger partial charge < -0.3 is 9.84 Å². The third kappa shape index (κ3) is 3.03. The van der Waals surface area contributed by atoms with Crippen LogP contribution in [0.25, 0.3) is 0 Å². The van der Waals surface area contributed by atoms with Gasteiger partial charge in [0.2, 0.25) is 0 Å². The minimum atomic E-state index is -0.506. The van der Waals surface area contributed by atoms with Crippen molar-refractivity contribution >= 4 is 11.6 Å². The Balaban J connectivity index is 2.26. The van der Waals surface area contributed by atoms with E-state index in [1.807, 2.05) is 31.2 Å². The lowest BCUT2D eigenvalue weighted by Crippen LogP contribution is -1.98. The zero-order chi connectivity index (χ0) is 13.0. The van der Waals surface area contributed by atoms with Gasteiger partial charge in [-0.05, 0) is 36.8 Å². The first kappa shape index (κ1) is 12.9. The van der Waals surface area contributed by atoms with Gasteiger partial charge in [-0.15, -0.1) is 0 Å². The van der Waals surface area contributed by atoms with Gasteiger partial charge in [0.15, 0.2) is 0 Å². The molecule has 0 aliphatic rings. The summed E-state index contributed by atoms with van der Waals surface area (Å²) >= 11 is 5.82. The summed E-state index contributed by atoms with van der Waals surface area (Å²) in [6, 6.07) is 14.7. The maximum absolute atomic E-state index is 9.93. The Hall–Kier alpha value is -1.51. The second kappa shape index (κ2) is 5.89. The van der Waals surface area contributed by atoms with Crippen LogP contribution in [0.4, 0.5) is 0 Å². The van der Waals surface area contributed by atoms with E-state index >= 15 is 0 Å². The quantitative estimate of drug-likeness (QED) is 0.874. The van der Waals surface area contributed by atoms with Crippen molar-refractivity contribution in [2.45, 2.75) is 19.4 Å². The normalized spacial score (nSPS) is 12.2. The van der Waals surface area contributed by atoms with E-state index in [0.29, 0.717) is 22.9 Å². The van der Waals surface area contributed by atoms with E-state index in [9.17, 15) is 5.11 Å². The standard InChI is InChI=1S/C15H15ClO2/c1-2-14(17)13-5-3-4-6-15(13)18-12-9-7-11(16)8-10-12/h3-10,14,17H,2H2,1H3/t14-/m1/s1. The summed E-state index contributed by atoms with van der Waals surface area (Å²) in [6.45, 7) is 1.93. The summed E-state index contributed by atoms with van der Waals surface area (Å²) in [5, 5.41) is 10.6. The van der Waals surface area contributed by atoms with E-state index in [1.54, 1.807) is 24.3 Å². The Labute approximate surface area is 112 Å². The SMILES string of the molecule is CC[C@@H](O)c1ccccc1Oc1ccc(Cl)cc1. The molecular weight excluding hydrogens is 248 g/mol. The van der Waals surface area contributed by atoms with Gasteiger partial charge in [0.25, 0.3) is 0 Å². The number of hydrogen-bond donors (Lipinski definition) is 1. The molecule has 2 aromatic carbocycles. The second-order valence-corrected chi connectivity index (χ2v) is 4.45. The molecule has 0 bridgehead atoms. The largest absolute Gasteiger partial charge is 0.457 e. The number of ether oxygens (including phenoxy) is 1. The van der Waals surface area contributed by atoms with E-state index in [4.69, 9.17) is 16.3 Å².